The molecule has 2 heteroatoms. The normalized spacial score (nSPS) is 24.1. The summed E-state index contributed by atoms with van der Waals surface area (Å²) in [6.07, 6.45) is 4.04. The molecule has 86 valence electrons. The van der Waals surface area contributed by atoms with E-state index in [0.29, 0.717) is 6.04 Å². The Kier molecular flexibility index (Phi) is 2.94. The van der Waals surface area contributed by atoms with Crippen molar-refractivity contribution in [2.24, 2.45) is 5.92 Å². The van der Waals surface area contributed by atoms with E-state index >= 15 is 0 Å². The number of hydrogen-bond donors (Lipinski definition) is 2. The molecule has 1 aliphatic heterocycles. The van der Waals surface area contributed by atoms with Crippen LogP contribution in [0.15, 0.2) is 24.3 Å². The van der Waals surface area contributed by atoms with E-state index in [4.69, 9.17) is 0 Å². The van der Waals surface area contributed by atoms with E-state index in [1.807, 2.05) is 0 Å². The first-order chi connectivity index (χ1) is 7.93. The second-order valence-electron chi connectivity index (χ2n) is 5.06. The monoisotopic (exact) mass is 216 g/mol. The summed E-state index contributed by atoms with van der Waals surface area (Å²) in [6.45, 7) is 3.40. The molecule has 0 spiro atoms. The van der Waals surface area contributed by atoms with Crippen LogP contribution in [0, 0.1) is 5.92 Å². The first-order valence-electron chi connectivity index (χ1n) is 6.45. The third-order valence-corrected chi connectivity index (χ3v) is 3.69. The highest BCUT2D eigenvalue weighted by Gasteiger charge is 2.22. The van der Waals surface area contributed by atoms with Gasteiger partial charge in [-0.15, -0.1) is 0 Å². The van der Waals surface area contributed by atoms with E-state index in [0.717, 1.165) is 19.0 Å². The zero-order chi connectivity index (χ0) is 10.8. The third-order valence-electron chi connectivity index (χ3n) is 3.69. The van der Waals surface area contributed by atoms with Gasteiger partial charge in [-0.05, 0) is 49.4 Å². The minimum atomic E-state index is 0.517. The minimum absolute atomic E-state index is 0.517. The lowest BCUT2D eigenvalue weighted by molar-refractivity contribution is 0.463. The van der Waals surface area contributed by atoms with Gasteiger partial charge in [0.15, 0.2) is 0 Å². The van der Waals surface area contributed by atoms with Crippen LogP contribution in [0.1, 0.15) is 30.0 Å². The summed E-state index contributed by atoms with van der Waals surface area (Å²) >= 11 is 0. The van der Waals surface area contributed by atoms with Gasteiger partial charge in [0, 0.05) is 12.6 Å². The van der Waals surface area contributed by atoms with Crippen molar-refractivity contribution in [3.8, 4) is 0 Å². The van der Waals surface area contributed by atoms with E-state index in [2.05, 4.69) is 34.9 Å². The van der Waals surface area contributed by atoms with Crippen LogP contribution in [0.3, 0.4) is 0 Å². The number of fused-ring (bicyclic) bond motifs is 1. The van der Waals surface area contributed by atoms with E-state index in [-0.39, 0.29) is 0 Å². The minimum Gasteiger partial charge on any atom is -0.315 e. The summed E-state index contributed by atoms with van der Waals surface area (Å²) in [5.41, 5.74) is 3.02. The molecule has 0 amide bonds. The lowest BCUT2D eigenvalue weighted by atomic mass is 9.94. The largest absolute Gasteiger partial charge is 0.315 e. The molecule has 3 rings (SSSR count). The van der Waals surface area contributed by atoms with Crippen LogP contribution in [0.5, 0.6) is 0 Å². The van der Waals surface area contributed by atoms with E-state index < -0.39 is 0 Å². The summed E-state index contributed by atoms with van der Waals surface area (Å²) in [7, 11) is 0. The van der Waals surface area contributed by atoms with Crippen LogP contribution in [-0.2, 0) is 6.42 Å². The van der Waals surface area contributed by atoms with Gasteiger partial charge in [0.25, 0.3) is 0 Å². The van der Waals surface area contributed by atoms with Crippen molar-refractivity contribution >= 4 is 0 Å². The molecule has 1 heterocycles. The molecule has 0 bridgehead atoms. The molecule has 0 aromatic heterocycles. The van der Waals surface area contributed by atoms with Crippen molar-refractivity contribution in [1.82, 2.24) is 10.6 Å². The first kappa shape index (κ1) is 10.3. The Balaban J connectivity index is 1.62. The maximum Gasteiger partial charge on any atom is 0.0449 e. The molecule has 1 unspecified atom stereocenters. The SMILES string of the molecule is c1ccc2c(c1)CCNC2CNCC1CC1. The van der Waals surface area contributed by atoms with Gasteiger partial charge < -0.3 is 10.6 Å². The predicted octanol–water partition coefficient (Wildman–Crippen LogP) is 1.87. The summed E-state index contributed by atoms with van der Waals surface area (Å²) in [5.74, 6) is 0.971. The molecular formula is C14H20N2. The topological polar surface area (TPSA) is 24.1 Å². The molecule has 1 aromatic carbocycles. The van der Waals surface area contributed by atoms with Crippen LogP contribution in [0.2, 0.25) is 0 Å². The Hall–Kier alpha value is -0.860. The smallest absolute Gasteiger partial charge is 0.0449 e. The van der Waals surface area contributed by atoms with Crippen molar-refractivity contribution in [3.63, 3.8) is 0 Å². The van der Waals surface area contributed by atoms with Crippen molar-refractivity contribution < 1.29 is 0 Å². The van der Waals surface area contributed by atoms with Crippen LogP contribution < -0.4 is 10.6 Å². The molecule has 16 heavy (non-hydrogen) atoms. The highest BCUT2D eigenvalue weighted by molar-refractivity contribution is 5.32. The average molecular weight is 216 g/mol. The summed E-state index contributed by atoms with van der Waals surface area (Å²) in [4.78, 5) is 0. The van der Waals surface area contributed by atoms with Gasteiger partial charge in [-0.3, -0.25) is 0 Å². The second kappa shape index (κ2) is 4.56. The van der Waals surface area contributed by atoms with Crippen LogP contribution >= 0.6 is 0 Å². The fraction of sp³-hybridized carbons (Fsp3) is 0.571. The fourth-order valence-electron chi connectivity index (χ4n) is 2.53. The molecule has 1 aromatic rings. The van der Waals surface area contributed by atoms with Crippen LogP contribution in [0.4, 0.5) is 0 Å². The predicted molar refractivity (Wildman–Crippen MR) is 66.5 cm³/mol. The zero-order valence-electron chi connectivity index (χ0n) is 9.71. The highest BCUT2D eigenvalue weighted by Crippen LogP contribution is 2.28. The van der Waals surface area contributed by atoms with Gasteiger partial charge in [0.1, 0.15) is 0 Å². The Labute approximate surface area is 97.4 Å². The number of rotatable bonds is 4. The van der Waals surface area contributed by atoms with Crippen LogP contribution in [-0.4, -0.2) is 19.6 Å². The van der Waals surface area contributed by atoms with E-state index in [1.165, 1.54) is 36.9 Å². The lowest BCUT2D eigenvalue weighted by Crippen LogP contribution is -2.37. The van der Waals surface area contributed by atoms with Gasteiger partial charge in [-0.2, -0.15) is 0 Å². The fourth-order valence-corrected chi connectivity index (χ4v) is 2.53. The number of benzene rings is 1. The third kappa shape index (κ3) is 2.28. The quantitative estimate of drug-likeness (QED) is 0.803. The van der Waals surface area contributed by atoms with Crippen LogP contribution in [0.25, 0.3) is 0 Å². The summed E-state index contributed by atoms with van der Waals surface area (Å²) in [6, 6.07) is 9.36. The Morgan fingerprint density at radius 1 is 1.19 bits per heavy atom. The molecule has 2 nitrogen and oxygen atoms in total. The second-order valence-corrected chi connectivity index (χ2v) is 5.06. The maximum atomic E-state index is 3.61. The van der Waals surface area contributed by atoms with Crippen molar-refractivity contribution in [2.45, 2.75) is 25.3 Å². The molecule has 1 fully saturated rings. The zero-order valence-corrected chi connectivity index (χ0v) is 9.71. The van der Waals surface area contributed by atoms with Gasteiger partial charge >= 0.3 is 0 Å². The summed E-state index contributed by atoms with van der Waals surface area (Å²) < 4.78 is 0. The molecule has 2 N–H and O–H groups in total. The molecular weight excluding hydrogens is 196 g/mol. The average Bonchev–Trinajstić information content (AvgIpc) is 3.13. The van der Waals surface area contributed by atoms with Gasteiger partial charge in [-0.25, -0.2) is 0 Å². The van der Waals surface area contributed by atoms with E-state index in [1.54, 1.807) is 0 Å². The van der Waals surface area contributed by atoms with Crippen molar-refractivity contribution in [3.05, 3.63) is 35.4 Å². The molecule has 1 atom stereocenters. The van der Waals surface area contributed by atoms with Gasteiger partial charge in [-0.1, -0.05) is 24.3 Å². The summed E-state index contributed by atoms with van der Waals surface area (Å²) in [5, 5.41) is 7.20. The Morgan fingerprint density at radius 2 is 2.06 bits per heavy atom. The number of nitrogens with one attached hydrogen (secondary N) is 2. The first-order valence-corrected chi connectivity index (χ1v) is 6.45. The van der Waals surface area contributed by atoms with Gasteiger partial charge in [0.05, 0.1) is 0 Å². The molecule has 1 aliphatic carbocycles. The molecule has 0 saturated heterocycles. The lowest BCUT2D eigenvalue weighted by Gasteiger charge is -2.27. The van der Waals surface area contributed by atoms with Crippen molar-refractivity contribution in [2.75, 3.05) is 19.6 Å². The molecule has 0 radical (unpaired) electrons. The highest BCUT2D eigenvalue weighted by atomic mass is 15.0. The maximum absolute atomic E-state index is 3.61. The molecule has 1 saturated carbocycles. The standard InChI is InChI=1S/C14H20N2/c1-2-4-13-12(3-1)7-8-16-14(13)10-15-9-11-5-6-11/h1-4,11,14-16H,5-10H2. The van der Waals surface area contributed by atoms with Gasteiger partial charge in [0.2, 0.25) is 0 Å². The Morgan fingerprint density at radius 3 is 2.94 bits per heavy atom. The van der Waals surface area contributed by atoms with Crippen molar-refractivity contribution in [1.29, 1.82) is 0 Å². The number of hydrogen-bond acceptors (Lipinski definition) is 2. The van der Waals surface area contributed by atoms with E-state index in [9.17, 15) is 0 Å². The molecule has 2 aliphatic rings. The Bertz CT molecular complexity index is 358.